The largest absolute Gasteiger partial charge is 0.443 e. The van der Waals surface area contributed by atoms with Crippen molar-refractivity contribution in [1.29, 1.82) is 0 Å². The molecule has 0 amide bonds. The molecule has 0 fully saturated rings. The van der Waals surface area contributed by atoms with Crippen molar-refractivity contribution in [3.8, 4) is 0 Å². The zero-order valence-corrected chi connectivity index (χ0v) is 18.7. The molecule has 0 rings (SSSR count). The van der Waals surface area contributed by atoms with Crippen molar-refractivity contribution in [2.45, 2.75) is 86.0 Å². The van der Waals surface area contributed by atoms with Crippen LogP contribution < -0.4 is 0 Å². The first-order valence-corrected chi connectivity index (χ1v) is 13.6. The highest BCUT2D eigenvalue weighted by Gasteiger charge is 2.37. The van der Waals surface area contributed by atoms with E-state index < -0.39 is 7.18 Å². The Hall–Kier alpha value is 0.357. The van der Waals surface area contributed by atoms with E-state index in [0.717, 1.165) is 18.4 Å². The van der Waals surface area contributed by atoms with Crippen LogP contribution in [0.25, 0.3) is 0 Å². The third-order valence-electron chi connectivity index (χ3n) is 4.61. The lowest BCUT2D eigenvalue weighted by Crippen LogP contribution is -2.40. The molecular formula is C19H39BrO2Si. The summed E-state index contributed by atoms with van der Waals surface area (Å²) in [6.07, 6.45) is 9.89. The lowest BCUT2D eigenvalue weighted by Gasteiger charge is -2.29. The van der Waals surface area contributed by atoms with Crippen LogP contribution >= 0.6 is 15.3 Å². The Kier molecular flexibility index (Phi) is 13.8. The van der Waals surface area contributed by atoms with Crippen LogP contribution in [0.4, 0.5) is 0 Å². The average molecular weight is 408 g/mol. The first-order valence-electron chi connectivity index (χ1n) is 9.56. The summed E-state index contributed by atoms with van der Waals surface area (Å²) >= 11 is 3.80. The van der Waals surface area contributed by atoms with Crippen LogP contribution in [0.5, 0.6) is 0 Å². The van der Waals surface area contributed by atoms with Crippen LogP contribution in [0.15, 0.2) is 11.8 Å². The maximum atomic E-state index is 6.27. The second kappa shape index (κ2) is 13.6. The minimum Gasteiger partial charge on any atom is -0.383 e. The maximum Gasteiger partial charge on any atom is 0.443 e. The van der Waals surface area contributed by atoms with Gasteiger partial charge in [-0.05, 0) is 36.8 Å². The van der Waals surface area contributed by atoms with Gasteiger partial charge in [0, 0.05) is 13.2 Å². The summed E-state index contributed by atoms with van der Waals surface area (Å²) in [6, 6.07) is 0. The van der Waals surface area contributed by atoms with E-state index in [-0.39, 0.29) is 0 Å². The van der Waals surface area contributed by atoms with Crippen molar-refractivity contribution in [3.63, 3.8) is 0 Å². The topological polar surface area (TPSA) is 18.5 Å². The Morgan fingerprint density at radius 3 is 1.57 bits per heavy atom. The van der Waals surface area contributed by atoms with Crippen molar-refractivity contribution in [1.82, 2.24) is 0 Å². The molecule has 2 nitrogen and oxygen atoms in total. The zero-order chi connectivity index (χ0) is 17.7. The van der Waals surface area contributed by atoms with Crippen molar-refractivity contribution in [2.24, 2.45) is 11.8 Å². The molecule has 0 N–H and O–H groups in total. The number of unbranched alkanes of at least 4 members (excludes halogenated alkanes) is 2. The number of rotatable bonds is 15. The summed E-state index contributed by atoms with van der Waals surface area (Å²) in [6.45, 7) is 16.7. The van der Waals surface area contributed by atoms with Crippen LogP contribution in [0, 0.1) is 11.8 Å². The van der Waals surface area contributed by atoms with E-state index >= 15 is 0 Å². The molecular weight excluding hydrogens is 368 g/mol. The summed E-state index contributed by atoms with van der Waals surface area (Å²) in [5, 5.41) is 1.02. The van der Waals surface area contributed by atoms with E-state index in [1.165, 1.54) is 51.4 Å². The first kappa shape index (κ1) is 23.4. The van der Waals surface area contributed by atoms with Crippen LogP contribution in [-0.2, 0) is 8.85 Å². The molecule has 2 atom stereocenters. The van der Waals surface area contributed by atoms with Gasteiger partial charge in [-0.3, -0.25) is 0 Å². The van der Waals surface area contributed by atoms with Crippen LogP contribution in [-0.4, -0.2) is 20.4 Å². The lowest BCUT2D eigenvalue weighted by atomic mass is 10.0. The van der Waals surface area contributed by atoms with Crippen LogP contribution in [0.1, 0.15) is 86.0 Å². The summed E-state index contributed by atoms with van der Waals surface area (Å²) in [5.74, 6) is 1.26. The predicted molar refractivity (Wildman–Crippen MR) is 108 cm³/mol. The summed E-state index contributed by atoms with van der Waals surface area (Å²) in [5.41, 5.74) is 0. The molecule has 0 aromatic rings. The van der Waals surface area contributed by atoms with E-state index in [2.05, 4.69) is 49.6 Å². The number of hydrogen-bond acceptors (Lipinski definition) is 2. The molecule has 0 aliphatic carbocycles. The molecule has 0 aliphatic heterocycles. The molecule has 4 heteroatoms. The minimum absolute atomic E-state index is 0.629. The Labute approximate surface area is 154 Å². The fraction of sp³-hybridized carbons (Fsp3) is 0.895. The molecule has 0 heterocycles. The molecule has 0 aliphatic rings. The van der Waals surface area contributed by atoms with Gasteiger partial charge in [-0.25, -0.2) is 0 Å². The fourth-order valence-corrected chi connectivity index (χ4v) is 4.80. The second-order valence-electron chi connectivity index (χ2n) is 6.77. The third kappa shape index (κ3) is 10.1. The number of hydrogen-bond donors (Lipinski definition) is 0. The Bertz CT molecular complexity index is 290. The second-order valence-corrected chi connectivity index (χ2v) is 12.4. The molecule has 0 saturated heterocycles. The van der Waals surface area contributed by atoms with Gasteiger partial charge < -0.3 is 8.85 Å². The quantitative estimate of drug-likeness (QED) is 0.217. The molecule has 0 saturated carbocycles. The molecule has 2 unspecified atom stereocenters. The zero-order valence-electron chi connectivity index (χ0n) is 16.1. The monoisotopic (exact) mass is 406 g/mol. The lowest BCUT2D eigenvalue weighted by molar-refractivity contribution is 0.141. The van der Waals surface area contributed by atoms with E-state index in [0.29, 0.717) is 11.8 Å². The summed E-state index contributed by atoms with van der Waals surface area (Å²) in [7, 11) is -2.45. The van der Waals surface area contributed by atoms with Crippen molar-refractivity contribution < 1.29 is 8.85 Å². The van der Waals surface area contributed by atoms with Gasteiger partial charge in [0.05, 0.1) is 0 Å². The molecule has 0 aromatic heterocycles. The van der Waals surface area contributed by atoms with Crippen LogP contribution in [0.3, 0.4) is 0 Å². The smallest absolute Gasteiger partial charge is 0.383 e. The summed E-state index contributed by atoms with van der Waals surface area (Å²) in [4.78, 5) is 0. The molecule has 0 bridgehead atoms. The van der Waals surface area contributed by atoms with Crippen LogP contribution in [0.2, 0.25) is 0 Å². The first-order chi connectivity index (χ1) is 10.9. The molecule has 0 spiro atoms. The maximum absolute atomic E-state index is 6.27. The number of halogens is 1. The minimum atomic E-state index is -2.45. The fourth-order valence-electron chi connectivity index (χ4n) is 2.53. The molecule has 0 aromatic carbocycles. The van der Waals surface area contributed by atoms with Gasteiger partial charge in [0.15, 0.2) is 0 Å². The van der Waals surface area contributed by atoms with Gasteiger partial charge in [-0.1, -0.05) is 88.1 Å². The SMILES string of the molecule is C=C(C)[Si](Br)(OCC(CC)CCCC)OCC(CC)CCCC. The van der Waals surface area contributed by atoms with E-state index in [4.69, 9.17) is 8.85 Å². The van der Waals surface area contributed by atoms with Crippen molar-refractivity contribution in [3.05, 3.63) is 11.8 Å². The van der Waals surface area contributed by atoms with Gasteiger partial charge in [-0.2, -0.15) is 0 Å². The Balaban J connectivity index is 4.50. The standard InChI is InChI=1S/C19H39BrO2Si/c1-7-11-13-18(9-3)15-21-23(20,17(5)6)22-16-19(10-4)14-12-8-2/h18-19H,5,7-16H2,1-4,6H3. The third-order valence-corrected chi connectivity index (χ3v) is 10.1. The van der Waals surface area contributed by atoms with Gasteiger partial charge in [-0.15, -0.1) is 0 Å². The highest BCUT2D eigenvalue weighted by atomic mass is 79.9. The van der Waals surface area contributed by atoms with Gasteiger partial charge in [0.1, 0.15) is 0 Å². The molecule has 138 valence electrons. The van der Waals surface area contributed by atoms with Gasteiger partial charge in [0.2, 0.25) is 0 Å². The van der Waals surface area contributed by atoms with Gasteiger partial charge in [0.25, 0.3) is 0 Å². The van der Waals surface area contributed by atoms with Crippen molar-refractivity contribution >= 4 is 22.5 Å². The highest BCUT2D eigenvalue weighted by molar-refractivity contribution is 9.25. The summed E-state index contributed by atoms with van der Waals surface area (Å²) < 4.78 is 12.5. The molecule has 23 heavy (non-hydrogen) atoms. The normalized spacial score (nSPS) is 16.8. The Morgan fingerprint density at radius 2 is 1.30 bits per heavy atom. The number of allylic oxidation sites excluding steroid dienone is 1. The van der Waals surface area contributed by atoms with E-state index in [1.807, 2.05) is 6.92 Å². The van der Waals surface area contributed by atoms with Crippen molar-refractivity contribution in [2.75, 3.05) is 13.2 Å². The average Bonchev–Trinajstić information content (AvgIpc) is 2.55. The van der Waals surface area contributed by atoms with E-state index in [1.54, 1.807) is 0 Å². The Morgan fingerprint density at radius 1 is 0.913 bits per heavy atom. The van der Waals surface area contributed by atoms with Gasteiger partial charge >= 0.3 is 7.18 Å². The molecule has 0 radical (unpaired) electrons. The predicted octanol–water partition coefficient (Wildman–Crippen LogP) is 6.90. The highest BCUT2D eigenvalue weighted by Crippen LogP contribution is 2.28. The van der Waals surface area contributed by atoms with E-state index in [9.17, 15) is 0 Å².